The van der Waals surface area contributed by atoms with Crippen molar-refractivity contribution in [1.82, 2.24) is 10.2 Å². The fourth-order valence-electron chi connectivity index (χ4n) is 4.32. The summed E-state index contributed by atoms with van der Waals surface area (Å²) in [6.45, 7) is 0.170. The number of carbonyl (C=O) groups is 3. The van der Waals surface area contributed by atoms with Crippen LogP contribution in [0, 0.1) is 11.3 Å². The van der Waals surface area contributed by atoms with Gasteiger partial charge in [-0.3, -0.25) is 15.0 Å². The number of rotatable bonds is 3. The molecular formula is C15H16N4O6. The number of aliphatic hydroxyl groups excluding tert-OH is 1. The van der Waals surface area contributed by atoms with Crippen molar-refractivity contribution in [2.45, 2.75) is 17.8 Å². The summed E-state index contributed by atoms with van der Waals surface area (Å²) in [5.74, 6) is -2.09. The van der Waals surface area contributed by atoms with Crippen LogP contribution in [0.5, 0.6) is 0 Å². The maximum Gasteiger partial charge on any atom is 0.404 e. The number of fused-ring (bicyclic) bond motifs is 4. The number of nitrogens with one attached hydrogen (secondary N) is 2. The van der Waals surface area contributed by atoms with E-state index >= 15 is 0 Å². The van der Waals surface area contributed by atoms with E-state index < -0.39 is 35.0 Å². The SMILES string of the molecule is CO[C@@]12[C@H](COC(N)=O)C3=C(C(=O)C(=CO)C(=N)C3=O)N1C[C@@H]1N[C@@H]12. The van der Waals surface area contributed by atoms with Crippen LogP contribution in [0.1, 0.15) is 0 Å². The molecule has 25 heavy (non-hydrogen) atoms. The summed E-state index contributed by atoms with van der Waals surface area (Å²) in [4.78, 5) is 38.3. The van der Waals surface area contributed by atoms with Crippen LogP contribution >= 0.6 is 0 Å². The van der Waals surface area contributed by atoms with E-state index in [0.717, 1.165) is 0 Å². The molecule has 4 aliphatic rings. The maximum atomic E-state index is 12.8. The van der Waals surface area contributed by atoms with Gasteiger partial charge in [0.2, 0.25) is 11.6 Å². The van der Waals surface area contributed by atoms with Gasteiger partial charge >= 0.3 is 6.09 Å². The summed E-state index contributed by atoms with van der Waals surface area (Å²) < 4.78 is 10.7. The van der Waals surface area contributed by atoms with Crippen molar-refractivity contribution in [3.63, 3.8) is 0 Å². The molecule has 3 heterocycles. The number of ketones is 2. The molecule has 0 radical (unpaired) electrons. The van der Waals surface area contributed by atoms with Gasteiger partial charge in [-0.1, -0.05) is 0 Å². The molecule has 1 amide bonds. The normalized spacial score (nSPS) is 37.3. The van der Waals surface area contributed by atoms with Gasteiger partial charge in [0.25, 0.3) is 0 Å². The van der Waals surface area contributed by atoms with Crippen molar-refractivity contribution < 1.29 is 29.0 Å². The Balaban J connectivity index is 1.88. The minimum atomic E-state index is -1.08. The number of nitrogens with two attached hydrogens (primary N) is 1. The highest BCUT2D eigenvalue weighted by Gasteiger charge is 2.73. The van der Waals surface area contributed by atoms with E-state index in [2.05, 4.69) is 5.32 Å². The molecule has 3 aliphatic heterocycles. The lowest BCUT2D eigenvalue weighted by atomic mass is 9.81. The summed E-state index contributed by atoms with van der Waals surface area (Å²) in [6.07, 6.45) is -0.533. The zero-order valence-corrected chi connectivity index (χ0v) is 13.2. The third kappa shape index (κ3) is 1.75. The van der Waals surface area contributed by atoms with E-state index in [4.69, 9.17) is 20.6 Å². The second kappa shape index (κ2) is 4.90. The van der Waals surface area contributed by atoms with Gasteiger partial charge in [0.05, 0.1) is 29.5 Å². The number of ether oxygens (including phenoxy) is 2. The number of carbonyl (C=O) groups excluding carboxylic acids is 3. The van der Waals surface area contributed by atoms with Crippen LogP contribution in [-0.4, -0.2) is 71.4 Å². The number of nitrogens with zero attached hydrogens (tertiary/aromatic N) is 1. The van der Waals surface area contributed by atoms with Gasteiger partial charge < -0.3 is 30.5 Å². The molecule has 0 aromatic carbocycles. The van der Waals surface area contributed by atoms with E-state index in [9.17, 15) is 19.5 Å². The number of piperazine rings is 1. The Labute approximate surface area is 141 Å². The molecule has 0 bridgehead atoms. The zero-order valence-electron chi connectivity index (χ0n) is 13.2. The van der Waals surface area contributed by atoms with Gasteiger partial charge in [0, 0.05) is 25.3 Å². The Bertz CT molecular complexity index is 802. The molecule has 10 nitrogen and oxygen atoms in total. The lowest BCUT2D eigenvalue weighted by Gasteiger charge is -2.39. The van der Waals surface area contributed by atoms with Gasteiger partial charge in [-0.05, 0) is 0 Å². The molecule has 0 saturated carbocycles. The van der Waals surface area contributed by atoms with Crippen molar-refractivity contribution in [1.29, 1.82) is 5.41 Å². The molecule has 2 saturated heterocycles. The van der Waals surface area contributed by atoms with E-state index in [1.165, 1.54) is 7.11 Å². The van der Waals surface area contributed by atoms with Crippen LogP contribution in [-0.2, 0) is 19.1 Å². The fraction of sp³-hybridized carbons (Fsp3) is 0.467. The Morgan fingerprint density at radius 2 is 2.24 bits per heavy atom. The minimum absolute atomic E-state index is 0.0656. The lowest BCUT2D eigenvalue weighted by molar-refractivity contribution is -0.136. The van der Waals surface area contributed by atoms with Crippen LogP contribution in [0.15, 0.2) is 23.1 Å². The Morgan fingerprint density at radius 3 is 2.84 bits per heavy atom. The lowest BCUT2D eigenvalue weighted by Crippen LogP contribution is -2.55. The van der Waals surface area contributed by atoms with Crippen LogP contribution in [0.2, 0.25) is 0 Å². The van der Waals surface area contributed by atoms with Gasteiger partial charge in [-0.25, -0.2) is 4.79 Å². The average molecular weight is 348 g/mol. The van der Waals surface area contributed by atoms with Gasteiger partial charge in [0.1, 0.15) is 12.3 Å². The quantitative estimate of drug-likeness (QED) is 0.274. The molecule has 4 rings (SSSR count). The monoisotopic (exact) mass is 348 g/mol. The van der Waals surface area contributed by atoms with Gasteiger partial charge in [-0.2, -0.15) is 0 Å². The van der Waals surface area contributed by atoms with E-state index in [1.54, 1.807) is 4.90 Å². The number of aliphatic hydroxyl groups is 1. The summed E-state index contributed by atoms with van der Waals surface area (Å²) in [5.41, 5.74) is 3.17. The first-order valence-corrected chi connectivity index (χ1v) is 7.66. The first-order valence-electron chi connectivity index (χ1n) is 7.66. The van der Waals surface area contributed by atoms with Crippen LogP contribution in [0.25, 0.3) is 0 Å². The van der Waals surface area contributed by atoms with Gasteiger partial charge in [-0.15, -0.1) is 0 Å². The largest absolute Gasteiger partial charge is 0.515 e. The molecule has 132 valence electrons. The van der Waals surface area contributed by atoms with E-state index in [1.807, 2.05) is 0 Å². The van der Waals surface area contributed by atoms with Crippen LogP contribution in [0.3, 0.4) is 0 Å². The van der Waals surface area contributed by atoms with Crippen molar-refractivity contribution in [2.75, 3.05) is 20.3 Å². The number of allylic oxidation sites excluding steroid dienone is 1. The third-order valence-electron chi connectivity index (χ3n) is 5.36. The predicted octanol–water partition coefficient (Wildman–Crippen LogP) is -1.42. The molecule has 2 fully saturated rings. The van der Waals surface area contributed by atoms with Crippen molar-refractivity contribution in [2.24, 2.45) is 11.7 Å². The molecule has 0 aromatic rings. The van der Waals surface area contributed by atoms with Crippen LogP contribution in [0.4, 0.5) is 4.79 Å². The topological polar surface area (TPSA) is 165 Å². The highest BCUT2D eigenvalue weighted by molar-refractivity contribution is 6.59. The van der Waals surface area contributed by atoms with E-state index in [-0.39, 0.29) is 35.5 Å². The number of amides is 1. The molecule has 5 N–H and O–H groups in total. The molecule has 1 aliphatic carbocycles. The minimum Gasteiger partial charge on any atom is -0.515 e. The third-order valence-corrected chi connectivity index (χ3v) is 5.36. The molecule has 4 atom stereocenters. The Morgan fingerprint density at radius 1 is 1.52 bits per heavy atom. The smallest absolute Gasteiger partial charge is 0.404 e. The highest BCUT2D eigenvalue weighted by Crippen LogP contribution is 2.55. The molecule has 0 aromatic heterocycles. The molecule has 0 spiro atoms. The first kappa shape index (κ1) is 15.8. The number of Topliss-reactive ketones (excluding diaryl/α,β-unsaturated/α-hetero) is 2. The number of hydrogen-bond donors (Lipinski definition) is 4. The van der Waals surface area contributed by atoms with Gasteiger partial charge in [0.15, 0.2) is 5.72 Å². The second-order valence-electron chi connectivity index (χ2n) is 6.34. The highest BCUT2D eigenvalue weighted by atomic mass is 16.6. The number of methoxy groups -OCH3 is 1. The molecule has 0 unspecified atom stereocenters. The Hall–Kier alpha value is -2.72. The summed E-state index contributed by atoms with van der Waals surface area (Å²) in [5, 5.41) is 20.4. The fourth-order valence-corrected chi connectivity index (χ4v) is 4.32. The summed E-state index contributed by atoms with van der Waals surface area (Å²) in [6, 6.07) is -0.0724. The predicted molar refractivity (Wildman–Crippen MR) is 81.7 cm³/mol. The second-order valence-corrected chi connectivity index (χ2v) is 6.34. The number of primary amides is 1. The zero-order chi connectivity index (χ0) is 18.1. The number of hydrogen-bond acceptors (Lipinski definition) is 9. The average Bonchev–Trinajstić information content (AvgIpc) is 3.18. The Kier molecular flexibility index (Phi) is 3.09. The molecular weight excluding hydrogens is 332 g/mol. The summed E-state index contributed by atoms with van der Waals surface area (Å²) in [7, 11) is 1.45. The first-order chi connectivity index (χ1) is 11.9. The van der Waals surface area contributed by atoms with E-state index in [0.29, 0.717) is 12.8 Å². The standard InChI is InChI=1S/C15H16N4O6/c1-24-15-6(4-25-14(17)23)8-10(19(15)2-7-13(15)18-7)11(21)5(3-20)9(16)12(8)22/h3,6-7,13,16,18,20H,2,4H2,1H3,(H2,17,23)/t6-,7+,13+,15-/m1/s1. The van der Waals surface area contributed by atoms with Crippen molar-refractivity contribution in [3.05, 3.63) is 23.1 Å². The van der Waals surface area contributed by atoms with Crippen molar-refractivity contribution >= 4 is 23.4 Å². The maximum absolute atomic E-state index is 12.8. The summed E-state index contributed by atoms with van der Waals surface area (Å²) >= 11 is 0. The van der Waals surface area contributed by atoms with Crippen molar-refractivity contribution in [3.8, 4) is 0 Å². The van der Waals surface area contributed by atoms with Crippen LogP contribution < -0.4 is 11.1 Å². The molecule has 10 heteroatoms.